The minimum atomic E-state index is -3.53. The summed E-state index contributed by atoms with van der Waals surface area (Å²) in [4.78, 5) is 0.168. The Kier molecular flexibility index (Phi) is 4.34. The van der Waals surface area contributed by atoms with Gasteiger partial charge in [0.2, 0.25) is 10.0 Å². The van der Waals surface area contributed by atoms with Gasteiger partial charge in [-0.3, -0.25) is 0 Å². The second-order valence-electron chi connectivity index (χ2n) is 2.60. The normalized spacial score (nSPS) is 11.0. The Morgan fingerprint density at radius 1 is 1.40 bits per heavy atom. The number of hydrogen-bond acceptors (Lipinski definition) is 2. The fourth-order valence-corrected chi connectivity index (χ4v) is 3.59. The lowest BCUT2D eigenvalue weighted by molar-refractivity contribution is 0.585. The fraction of sp³-hybridized carbons (Fsp3) is 0.111. The quantitative estimate of drug-likeness (QED) is 0.847. The van der Waals surface area contributed by atoms with Crippen molar-refractivity contribution in [2.45, 2.75) is 4.90 Å². The molecule has 15 heavy (non-hydrogen) atoms. The van der Waals surface area contributed by atoms with Crippen molar-refractivity contribution in [3.8, 4) is 12.3 Å². The van der Waals surface area contributed by atoms with Crippen LogP contribution in [0.5, 0.6) is 0 Å². The van der Waals surface area contributed by atoms with Crippen LogP contribution in [0.25, 0.3) is 0 Å². The average molecular weight is 353 g/mol. The van der Waals surface area contributed by atoms with Gasteiger partial charge in [-0.1, -0.05) is 21.9 Å². The summed E-state index contributed by atoms with van der Waals surface area (Å²) in [6.45, 7) is -0.0230. The van der Waals surface area contributed by atoms with Crippen LogP contribution in [0.15, 0.2) is 32.0 Å². The summed E-state index contributed by atoms with van der Waals surface area (Å²) in [5, 5.41) is 0. The summed E-state index contributed by atoms with van der Waals surface area (Å²) in [6.07, 6.45) is 4.98. The zero-order chi connectivity index (χ0) is 11.5. The minimum Gasteiger partial charge on any atom is -0.207 e. The van der Waals surface area contributed by atoms with Crippen LogP contribution in [-0.4, -0.2) is 15.0 Å². The van der Waals surface area contributed by atoms with Gasteiger partial charge in [0, 0.05) is 8.95 Å². The molecule has 0 spiro atoms. The van der Waals surface area contributed by atoms with Crippen LogP contribution in [0.3, 0.4) is 0 Å². The van der Waals surface area contributed by atoms with Gasteiger partial charge in [-0.25, -0.2) is 8.42 Å². The van der Waals surface area contributed by atoms with Crippen molar-refractivity contribution in [3.63, 3.8) is 0 Å². The number of rotatable bonds is 3. The highest BCUT2D eigenvalue weighted by molar-refractivity contribution is 9.11. The molecule has 0 amide bonds. The molecule has 0 aliphatic rings. The Morgan fingerprint density at radius 3 is 2.60 bits per heavy atom. The van der Waals surface area contributed by atoms with Gasteiger partial charge in [0.25, 0.3) is 0 Å². The number of hydrogen-bond donors (Lipinski definition) is 1. The van der Waals surface area contributed by atoms with E-state index < -0.39 is 10.0 Å². The maximum Gasteiger partial charge on any atom is 0.242 e. The molecule has 0 saturated carbocycles. The van der Waals surface area contributed by atoms with E-state index in [0.717, 1.165) is 4.47 Å². The molecule has 0 aliphatic carbocycles. The third kappa shape index (κ3) is 3.31. The summed E-state index contributed by atoms with van der Waals surface area (Å²) >= 11 is 6.41. The van der Waals surface area contributed by atoms with Gasteiger partial charge in [0.05, 0.1) is 11.4 Å². The number of terminal acetylenes is 1. The molecular weight excluding hydrogens is 346 g/mol. The molecule has 0 heterocycles. The van der Waals surface area contributed by atoms with Crippen molar-refractivity contribution in [2.24, 2.45) is 0 Å². The highest BCUT2D eigenvalue weighted by Gasteiger charge is 2.16. The van der Waals surface area contributed by atoms with Crippen LogP contribution in [0.4, 0.5) is 0 Å². The number of halogens is 2. The summed E-state index contributed by atoms with van der Waals surface area (Å²) in [7, 11) is -3.53. The summed E-state index contributed by atoms with van der Waals surface area (Å²) in [6, 6.07) is 4.80. The van der Waals surface area contributed by atoms with E-state index in [1.165, 1.54) is 6.07 Å². The molecule has 0 bridgehead atoms. The second-order valence-corrected chi connectivity index (χ2v) is 6.11. The van der Waals surface area contributed by atoms with Gasteiger partial charge in [-0.15, -0.1) is 6.42 Å². The predicted octanol–water partition coefficient (Wildman–Crippen LogP) is 2.12. The van der Waals surface area contributed by atoms with Crippen LogP contribution in [-0.2, 0) is 10.0 Å². The molecule has 1 rings (SSSR count). The van der Waals surface area contributed by atoms with Crippen molar-refractivity contribution >= 4 is 41.9 Å². The first kappa shape index (κ1) is 12.7. The van der Waals surface area contributed by atoms with Crippen LogP contribution in [0.2, 0.25) is 0 Å². The first-order valence-electron chi connectivity index (χ1n) is 3.85. The smallest absolute Gasteiger partial charge is 0.207 e. The SMILES string of the molecule is C#CCNS(=O)(=O)c1ccc(Br)cc1Br. The van der Waals surface area contributed by atoms with E-state index in [-0.39, 0.29) is 11.4 Å². The molecule has 0 saturated heterocycles. The standard InChI is InChI=1S/C9H7Br2NO2S/c1-2-5-12-15(13,14)9-4-3-7(10)6-8(9)11/h1,3-4,6,12H,5H2. The van der Waals surface area contributed by atoms with E-state index in [2.05, 4.69) is 42.5 Å². The zero-order valence-electron chi connectivity index (χ0n) is 7.50. The van der Waals surface area contributed by atoms with Crippen LogP contribution in [0.1, 0.15) is 0 Å². The highest BCUT2D eigenvalue weighted by Crippen LogP contribution is 2.25. The first-order chi connectivity index (χ1) is 6.97. The Bertz CT molecular complexity index is 505. The monoisotopic (exact) mass is 351 g/mol. The van der Waals surface area contributed by atoms with Crippen LogP contribution >= 0.6 is 31.9 Å². The molecule has 1 N–H and O–H groups in total. The maximum atomic E-state index is 11.7. The number of sulfonamides is 1. The molecule has 0 aliphatic heterocycles. The molecule has 0 atom stereocenters. The van der Waals surface area contributed by atoms with Crippen molar-refractivity contribution in [1.29, 1.82) is 0 Å². The van der Waals surface area contributed by atoms with E-state index in [1.807, 2.05) is 0 Å². The first-order valence-corrected chi connectivity index (χ1v) is 6.92. The van der Waals surface area contributed by atoms with Gasteiger partial charge in [-0.05, 0) is 34.1 Å². The lowest BCUT2D eigenvalue weighted by atomic mass is 10.4. The van der Waals surface area contributed by atoms with Gasteiger partial charge in [0.1, 0.15) is 0 Å². The largest absolute Gasteiger partial charge is 0.242 e. The Hall–Kier alpha value is -0.350. The van der Waals surface area contributed by atoms with Crippen LogP contribution in [0, 0.1) is 12.3 Å². The topological polar surface area (TPSA) is 46.2 Å². The van der Waals surface area contributed by atoms with Crippen molar-refractivity contribution in [3.05, 3.63) is 27.1 Å². The molecule has 0 fully saturated rings. The minimum absolute atomic E-state index is 0.0230. The average Bonchev–Trinajstić information content (AvgIpc) is 2.14. The molecule has 1 aromatic carbocycles. The van der Waals surface area contributed by atoms with Crippen LogP contribution < -0.4 is 4.72 Å². The van der Waals surface area contributed by atoms with Gasteiger partial charge in [0.15, 0.2) is 0 Å². The number of nitrogens with one attached hydrogen (secondary N) is 1. The molecule has 80 valence electrons. The molecule has 1 aromatic rings. The zero-order valence-corrected chi connectivity index (χ0v) is 11.5. The lowest BCUT2D eigenvalue weighted by Crippen LogP contribution is -2.24. The van der Waals surface area contributed by atoms with Crippen molar-refractivity contribution in [1.82, 2.24) is 4.72 Å². The highest BCUT2D eigenvalue weighted by atomic mass is 79.9. The second kappa shape index (κ2) is 5.12. The lowest BCUT2D eigenvalue weighted by Gasteiger charge is -2.06. The molecule has 6 heteroatoms. The molecule has 0 radical (unpaired) electrons. The maximum absolute atomic E-state index is 11.7. The number of benzene rings is 1. The fourth-order valence-electron chi connectivity index (χ4n) is 0.908. The summed E-state index contributed by atoms with van der Waals surface area (Å²) < 4.78 is 26.9. The van der Waals surface area contributed by atoms with E-state index in [9.17, 15) is 8.42 Å². The Morgan fingerprint density at radius 2 is 2.07 bits per heavy atom. The summed E-state index contributed by atoms with van der Waals surface area (Å²) in [5.41, 5.74) is 0. The Labute approximate surface area is 106 Å². The van der Waals surface area contributed by atoms with E-state index >= 15 is 0 Å². The van der Waals surface area contributed by atoms with Gasteiger partial charge < -0.3 is 0 Å². The third-order valence-electron chi connectivity index (χ3n) is 1.55. The molecular formula is C9H7Br2NO2S. The van der Waals surface area contributed by atoms with Gasteiger partial charge in [-0.2, -0.15) is 4.72 Å². The molecule has 3 nitrogen and oxygen atoms in total. The van der Waals surface area contributed by atoms with Crippen molar-refractivity contribution in [2.75, 3.05) is 6.54 Å². The van der Waals surface area contributed by atoms with E-state index in [1.54, 1.807) is 12.1 Å². The van der Waals surface area contributed by atoms with Gasteiger partial charge >= 0.3 is 0 Å². The summed E-state index contributed by atoms with van der Waals surface area (Å²) in [5.74, 6) is 2.21. The van der Waals surface area contributed by atoms with Crippen molar-refractivity contribution < 1.29 is 8.42 Å². The molecule has 0 aromatic heterocycles. The third-order valence-corrected chi connectivity index (χ3v) is 4.42. The van der Waals surface area contributed by atoms with E-state index in [0.29, 0.717) is 4.47 Å². The molecule has 0 unspecified atom stereocenters. The van der Waals surface area contributed by atoms with E-state index in [4.69, 9.17) is 6.42 Å². The Balaban J connectivity index is 3.12. The predicted molar refractivity (Wildman–Crippen MR) is 65.9 cm³/mol.